The fraction of sp³-hybridized carbons (Fsp3) is 0.484. The maximum atomic E-state index is 12.0. The van der Waals surface area contributed by atoms with Crippen LogP contribution >= 0.6 is 23.2 Å². The summed E-state index contributed by atoms with van der Waals surface area (Å²) >= 11 is 13.5. The van der Waals surface area contributed by atoms with Crippen LogP contribution in [0, 0.1) is 5.92 Å². The molecule has 2 aromatic heterocycles. The fourth-order valence-corrected chi connectivity index (χ4v) is 6.40. The topological polar surface area (TPSA) is 114 Å². The lowest BCUT2D eigenvalue weighted by atomic mass is 9.97. The number of carbonyl (C=O) groups excluding carboxylic acids is 1. The van der Waals surface area contributed by atoms with Gasteiger partial charge in [0.1, 0.15) is 17.0 Å². The van der Waals surface area contributed by atoms with Gasteiger partial charge in [-0.25, -0.2) is 15.0 Å². The molecule has 2 aliphatic rings. The van der Waals surface area contributed by atoms with Gasteiger partial charge in [0.15, 0.2) is 11.6 Å². The van der Waals surface area contributed by atoms with Gasteiger partial charge < -0.3 is 29.7 Å². The van der Waals surface area contributed by atoms with E-state index in [2.05, 4.69) is 46.1 Å². The Balaban J connectivity index is 1.48. The largest absolute Gasteiger partial charge is 0.495 e. The van der Waals surface area contributed by atoms with Crippen LogP contribution in [0.4, 0.5) is 11.8 Å². The lowest BCUT2D eigenvalue weighted by Crippen LogP contribution is -2.33. The smallest absolute Gasteiger partial charge is 0.223 e. The van der Waals surface area contributed by atoms with Crippen LogP contribution in [0.5, 0.6) is 11.5 Å². The molecule has 0 aliphatic carbocycles. The number of rotatable bonds is 13. The third-order valence-corrected chi connectivity index (χ3v) is 9.05. The molecule has 0 spiro atoms. The first kappa shape index (κ1) is 32.2. The number of benzene rings is 1. The second-order valence-electron chi connectivity index (χ2n) is 11.3. The Bertz CT molecular complexity index is 1490. The minimum Gasteiger partial charge on any atom is -0.495 e. The number of ketones is 1. The number of likely N-dealkylation sites (N-methyl/N-ethyl adjacent to an activating group) is 1. The summed E-state index contributed by atoms with van der Waals surface area (Å²) < 4.78 is 16.7. The first-order valence-electron chi connectivity index (χ1n) is 14.6. The van der Waals surface area contributed by atoms with E-state index in [-0.39, 0.29) is 17.7 Å². The van der Waals surface area contributed by atoms with Crippen LogP contribution in [0.3, 0.4) is 0 Å². The molecule has 2 N–H and O–H groups in total. The Labute approximate surface area is 267 Å². The van der Waals surface area contributed by atoms with E-state index in [4.69, 9.17) is 47.4 Å². The molecule has 5 rings (SSSR count). The molecule has 1 unspecified atom stereocenters. The van der Waals surface area contributed by atoms with E-state index in [0.29, 0.717) is 82.3 Å². The van der Waals surface area contributed by atoms with Gasteiger partial charge in [0.2, 0.25) is 5.95 Å². The van der Waals surface area contributed by atoms with Crippen molar-refractivity contribution in [3.63, 3.8) is 0 Å². The van der Waals surface area contributed by atoms with Gasteiger partial charge in [0.25, 0.3) is 0 Å². The predicted molar refractivity (Wildman–Crippen MR) is 174 cm³/mol. The summed E-state index contributed by atoms with van der Waals surface area (Å²) in [5.41, 5.74) is 1.65. The normalized spacial score (nSPS) is 20.3. The molecule has 3 aromatic rings. The summed E-state index contributed by atoms with van der Waals surface area (Å²) in [5, 5.41) is 8.28. The van der Waals surface area contributed by atoms with E-state index in [9.17, 15) is 4.79 Å². The zero-order chi connectivity index (χ0) is 31.4. The number of fused-ring (bicyclic) bond motifs is 1. The van der Waals surface area contributed by atoms with Gasteiger partial charge in [-0.3, -0.25) is 9.69 Å². The van der Waals surface area contributed by atoms with Crippen LogP contribution in [0.2, 0.25) is 10.0 Å². The maximum absolute atomic E-state index is 12.0. The third kappa shape index (κ3) is 7.02. The number of ether oxygens (including phenoxy) is 3. The molecule has 2 aliphatic heterocycles. The first-order valence-corrected chi connectivity index (χ1v) is 15.4. The standard InChI is InChI=1S/C31H39Cl2N7O4/c1-6-21(41)11-19-16-44-17-23(19)37-31-35-14-18-12-22(26-27(32)24(42-4)13-25(43-5)28(26)33)36-30(29(18)38-31)34-8-10-40-9-7-20(15-40)39(2)3/h6,12-14,19-20,23H,1,7-11,15-17H2,2-5H3,(H,34,36)(H,35,37,38)/t19-,20?,23+/m0/s1. The number of aromatic nitrogens is 3. The number of hydrogen-bond acceptors (Lipinski definition) is 11. The lowest BCUT2D eigenvalue weighted by molar-refractivity contribution is -0.115. The van der Waals surface area contributed by atoms with Crippen LogP contribution in [0.15, 0.2) is 31.0 Å². The summed E-state index contributed by atoms with van der Waals surface area (Å²) in [4.78, 5) is 31.2. The highest BCUT2D eigenvalue weighted by atomic mass is 35.5. The first-order chi connectivity index (χ1) is 21.2. The maximum Gasteiger partial charge on any atom is 0.223 e. The van der Waals surface area contributed by atoms with Crippen molar-refractivity contribution >= 4 is 51.7 Å². The number of hydrogen-bond donors (Lipinski definition) is 2. The van der Waals surface area contributed by atoms with Gasteiger partial charge in [0, 0.05) is 61.2 Å². The molecule has 0 saturated carbocycles. The van der Waals surface area contributed by atoms with E-state index in [1.807, 2.05) is 6.07 Å². The number of carbonyl (C=O) groups is 1. The average Bonchev–Trinajstić information content (AvgIpc) is 3.67. The van der Waals surface area contributed by atoms with E-state index in [1.165, 1.54) is 20.3 Å². The molecule has 0 radical (unpaired) electrons. The predicted octanol–water partition coefficient (Wildman–Crippen LogP) is 4.64. The summed E-state index contributed by atoms with van der Waals surface area (Å²) in [6, 6.07) is 3.94. The van der Waals surface area contributed by atoms with Gasteiger partial charge in [-0.15, -0.1) is 0 Å². The monoisotopic (exact) mass is 643 g/mol. The van der Waals surface area contributed by atoms with Crippen molar-refractivity contribution in [3.8, 4) is 22.8 Å². The third-order valence-electron chi connectivity index (χ3n) is 8.30. The molecule has 0 bridgehead atoms. The summed E-state index contributed by atoms with van der Waals surface area (Å²) in [5.74, 6) is 1.81. The Morgan fingerprint density at radius 2 is 1.93 bits per heavy atom. The van der Waals surface area contributed by atoms with Crippen molar-refractivity contribution < 1.29 is 19.0 Å². The number of halogens is 2. The Morgan fingerprint density at radius 3 is 2.59 bits per heavy atom. The molecule has 2 fully saturated rings. The summed E-state index contributed by atoms with van der Waals surface area (Å²) in [6.45, 7) is 8.10. The molecular weight excluding hydrogens is 605 g/mol. The molecule has 3 atom stereocenters. The molecule has 2 saturated heterocycles. The van der Waals surface area contributed by atoms with E-state index in [1.54, 1.807) is 12.3 Å². The molecule has 1 aromatic carbocycles. The van der Waals surface area contributed by atoms with Crippen molar-refractivity contribution in [3.05, 3.63) is 41.0 Å². The van der Waals surface area contributed by atoms with E-state index in [0.717, 1.165) is 31.4 Å². The van der Waals surface area contributed by atoms with E-state index >= 15 is 0 Å². The zero-order valence-corrected chi connectivity index (χ0v) is 27.0. The van der Waals surface area contributed by atoms with Gasteiger partial charge in [0.05, 0.1) is 49.2 Å². The molecule has 44 heavy (non-hydrogen) atoms. The van der Waals surface area contributed by atoms with Crippen molar-refractivity contribution in [1.29, 1.82) is 0 Å². The number of nitrogens with zero attached hydrogens (tertiary/aromatic N) is 5. The van der Waals surface area contributed by atoms with Crippen LogP contribution in [0.25, 0.3) is 22.2 Å². The Morgan fingerprint density at radius 1 is 1.18 bits per heavy atom. The van der Waals surface area contributed by atoms with Gasteiger partial charge in [-0.05, 0) is 39.2 Å². The number of nitrogens with one attached hydrogen (secondary N) is 2. The van der Waals surface area contributed by atoms with Crippen LogP contribution < -0.4 is 20.1 Å². The summed E-state index contributed by atoms with van der Waals surface area (Å²) in [6.07, 6.45) is 4.58. The lowest BCUT2D eigenvalue weighted by Gasteiger charge is -2.21. The highest BCUT2D eigenvalue weighted by Crippen LogP contribution is 2.46. The van der Waals surface area contributed by atoms with Crippen LogP contribution in [-0.2, 0) is 9.53 Å². The average molecular weight is 645 g/mol. The number of methoxy groups -OCH3 is 2. The van der Waals surface area contributed by atoms with Gasteiger partial charge in [-0.2, -0.15) is 0 Å². The van der Waals surface area contributed by atoms with Crippen LogP contribution in [-0.4, -0.2) is 110 Å². The number of allylic oxidation sites excluding steroid dienone is 1. The van der Waals surface area contributed by atoms with Crippen molar-refractivity contribution in [2.45, 2.75) is 24.9 Å². The molecule has 4 heterocycles. The minimum atomic E-state index is -0.110. The zero-order valence-electron chi connectivity index (χ0n) is 25.5. The molecular formula is C31H39Cl2N7O4. The van der Waals surface area contributed by atoms with E-state index < -0.39 is 0 Å². The van der Waals surface area contributed by atoms with Crippen molar-refractivity contribution in [2.24, 2.45) is 5.92 Å². The number of likely N-dealkylation sites (tertiary alicyclic amines) is 1. The Kier molecular flexibility index (Phi) is 10.4. The second-order valence-corrected chi connectivity index (χ2v) is 12.1. The highest BCUT2D eigenvalue weighted by molar-refractivity contribution is 6.41. The summed E-state index contributed by atoms with van der Waals surface area (Å²) in [7, 11) is 7.32. The quantitative estimate of drug-likeness (QED) is 0.254. The minimum absolute atomic E-state index is 0.00308. The van der Waals surface area contributed by atoms with Gasteiger partial charge >= 0.3 is 0 Å². The fourth-order valence-electron chi connectivity index (χ4n) is 5.71. The number of anilines is 2. The SMILES string of the molecule is C=CC(=O)C[C@H]1COC[C@H]1Nc1ncc2cc(-c3c(Cl)c(OC)cc(OC)c3Cl)nc(NCCN3CCC(N(C)C)C3)c2n1. The highest BCUT2D eigenvalue weighted by Gasteiger charge is 2.30. The molecule has 236 valence electrons. The Hall–Kier alpha value is -3.22. The van der Waals surface area contributed by atoms with Gasteiger partial charge in [-0.1, -0.05) is 29.8 Å². The molecule has 0 amide bonds. The number of pyridine rings is 1. The van der Waals surface area contributed by atoms with Crippen LogP contribution in [0.1, 0.15) is 12.8 Å². The molecule has 13 heteroatoms. The van der Waals surface area contributed by atoms with Crippen molar-refractivity contribution in [2.75, 3.05) is 78.3 Å². The second kappa shape index (κ2) is 14.3. The molecule has 11 nitrogen and oxygen atoms in total. The van der Waals surface area contributed by atoms with Crippen molar-refractivity contribution in [1.82, 2.24) is 24.8 Å².